The predicted octanol–water partition coefficient (Wildman–Crippen LogP) is 1.29. The van der Waals surface area contributed by atoms with Crippen LogP contribution in [0.3, 0.4) is 0 Å². The zero-order chi connectivity index (χ0) is 23.8. The number of carbonyl (C=O) groups is 1. The van der Waals surface area contributed by atoms with E-state index in [2.05, 4.69) is 10.3 Å². The molecule has 0 bridgehead atoms. The van der Waals surface area contributed by atoms with Crippen LogP contribution in [0.2, 0.25) is 0 Å². The summed E-state index contributed by atoms with van der Waals surface area (Å²) in [6, 6.07) is 9.33. The molecule has 0 unspecified atom stereocenters. The number of aromatic amines is 1. The summed E-state index contributed by atoms with van der Waals surface area (Å²) in [7, 11) is -3.73. The highest BCUT2D eigenvalue weighted by molar-refractivity contribution is 7.89. The molecule has 0 spiro atoms. The van der Waals surface area contributed by atoms with Crippen LogP contribution in [0.4, 0.5) is 5.69 Å². The van der Waals surface area contributed by atoms with Gasteiger partial charge in [0.05, 0.1) is 29.1 Å². The van der Waals surface area contributed by atoms with Gasteiger partial charge in [-0.05, 0) is 49.7 Å². The summed E-state index contributed by atoms with van der Waals surface area (Å²) in [6.45, 7) is 4.99. The minimum absolute atomic E-state index is 0.122. The van der Waals surface area contributed by atoms with Crippen LogP contribution in [0, 0.1) is 6.92 Å². The first-order chi connectivity index (χ1) is 15.7. The molecule has 1 aliphatic rings. The highest BCUT2D eigenvalue weighted by Gasteiger charge is 2.28. The number of hydrogen-bond donors (Lipinski definition) is 2. The van der Waals surface area contributed by atoms with Crippen LogP contribution in [0.5, 0.6) is 0 Å². The van der Waals surface area contributed by atoms with Crippen molar-refractivity contribution in [1.29, 1.82) is 0 Å². The molecule has 2 aromatic carbocycles. The van der Waals surface area contributed by atoms with E-state index in [1.807, 2.05) is 0 Å². The third kappa shape index (κ3) is 4.34. The fourth-order valence-corrected chi connectivity index (χ4v) is 5.48. The second kappa shape index (κ2) is 8.93. The number of aryl methyl sites for hydroxylation is 2. The predicted molar refractivity (Wildman–Crippen MR) is 123 cm³/mol. The lowest BCUT2D eigenvalue weighted by Gasteiger charge is -2.26. The largest absolute Gasteiger partial charge is 0.379 e. The van der Waals surface area contributed by atoms with Gasteiger partial charge in [-0.2, -0.15) is 4.31 Å². The van der Waals surface area contributed by atoms with Gasteiger partial charge in [0.2, 0.25) is 10.0 Å². The standard InChI is InChI=1S/C22H24N4O6S/c1-3-26-18-7-5-15(12-17(18)24-21(28)22(26)29)20(27)23-16-6-4-14(2)19(13-16)33(30,31)25-8-10-32-11-9-25/h4-7,12-13H,3,8-11H2,1-2H3,(H,23,27)(H,24,28). The Balaban J connectivity index is 1.64. The number of H-pyrrole nitrogens is 1. The van der Waals surface area contributed by atoms with Crippen molar-refractivity contribution in [3.05, 3.63) is 68.2 Å². The van der Waals surface area contributed by atoms with Crippen LogP contribution in [0.25, 0.3) is 11.0 Å². The summed E-state index contributed by atoms with van der Waals surface area (Å²) in [5, 5.41) is 2.71. The second-order valence-corrected chi connectivity index (χ2v) is 9.59. The number of carbonyl (C=O) groups excluding carboxylic acids is 1. The molecule has 2 N–H and O–H groups in total. The van der Waals surface area contributed by atoms with Gasteiger partial charge in [0, 0.05) is 30.9 Å². The number of sulfonamides is 1. The number of amides is 1. The van der Waals surface area contributed by atoms with Gasteiger partial charge in [-0.15, -0.1) is 0 Å². The van der Waals surface area contributed by atoms with Gasteiger partial charge in [0.1, 0.15) is 0 Å². The average molecular weight is 473 g/mol. The molecule has 1 aromatic heterocycles. The lowest BCUT2D eigenvalue weighted by molar-refractivity contribution is 0.0730. The number of anilines is 1. The minimum Gasteiger partial charge on any atom is -0.379 e. The number of fused-ring (bicyclic) bond motifs is 1. The van der Waals surface area contributed by atoms with E-state index in [4.69, 9.17) is 4.74 Å². The molecule has 10 nitrogen and oxygen atoms in total. The van der Waals surface area contributed by atoms with Crippen LogP contribution >= 0.6 is 0 Å². The number of aromatic nitrogens is 2. The van der Waals surface area contributed by atoms with Gasteiger partial charge >= 0.3 is 11.1 Å². The van der Waals surface area contributed by atoms with Crippen molar-refractivity contribution in [3.8, 4) is 0 Å². The zero-order valence-corrected chi connectivity index (χ0v) is 19.1. The average Bonchev–Trinajstić information content (AvgIpc) is 2.81. The van der Waals surface area contributed by atoms with Crippen molar-refractivity contribution in [1.82, 2.24) is 13.9 Å². The first kappa shape index (κ1) is 22.9. The number of nitrogens with zero attached hydrogens (tertiary/aromatic N) is 2. The van der Waals surface area contributed by atoms with Crippen molar-refractivity contribution in [2.24, 2.45) is 0 Å². The zero-order valence-electron chi connectivity index (χ0n) is 18.3. The molecule has 0 radical (unpaired) electrons. The molecule has 174 valence electrons. The van der Waals surface area contributed by atoms with E-state index in [1.165, 1.54) is 21.0 Å². The molecule has 2 heterocycles. The fraction of sp³-hybridized carbons (Fsp3) is 0.318. The third-order valence-corrected chi connectivity index (χ3v) is 7.63. The Morgan fingerprint density at radius 1 is 1.12 bits per heavy atom. The lowest BCUT2D eigenvalue weighted by Crippen LogP contribution is -2.40. The van der Waals surface area contributed by atoms with Crippen LogP contribution in [0.15, 0.2) is 50.9 Å². The van der Waals surface area contributed by atoms with E-state index in [9.17, 15) is 22.8 Å². The first-order valence-electron chi connectivity index (χ1n) is 10.5. The molecule has 1 fully saturated rings. The maximum absolute atomic E-state index is 13.1. The molecule has 0 atom stereocenters. The number of ether oxygens (including phenoxy) is 1. The maximum atomic E-state index is 13.1. The molecule has 0 saturated carbocycles. The minimum atomic E-state index is -3.73. The highest BCUT2D eigenvalue weighted by Crippen LogP contribution is 2.25. The number of nitrogens with one attached hydrogen (secondary N) is 2. The van der Waals surface area contributed by atoms with E-state index in [0.29, 0.717) is 42.0 Å². The quantitative estimate of drug-likeness (QED) is 0.538. The summed E-state index contributed by atoms with van der Waals surface area (Å²) in [5.74, 6) is -0.481. The SMILES string of the molecule is CCn1c(=O)c(=O)[nH]c2cc(C(=O)Nc3ccc(C)c(S(=O)(=O)N4CCOCC4)c3)ccc21. The number of hydrogen-bond acceptors (Lipinski definition) is 6. The van der Waals surface area contributed by atoms with Crippen molar-refractivity contribution >= 4 is 32.7 Å². The van der Waals surface area contributed by atoms with Crippen LogP contribution in [-0.2, 0) is 21.3 Å². The number of benzene rings is 2. The van der Waals surface area contributed by atoms with Crippen molar-refractivity contribution in [2.45, 2.75) is 25.3 Å². The Bertz CT molecular complexity index is 1450. The Kier molecular flexibility index (Phi) is 6.19. The topological polar surface area (TPSA) is 131 Å². The monoisotopic (exact) mass is 472 g/mol. The summed E-state index contributed by atoms with van der Waals surface area (Å²) in [6.07, 6.45) is 0. The molecule has 33 heavy (non-hydrogen) atoms. The van der Waals surface area contributed by atoms with Crippen molar-refractivity contribution < 1.29 is 17.9 Å². The maximum Gasteiger partial charge on any atom is 0.316 e. The molecule has 0 aliphatic carbocycles. The first-order valence-corrected chi connectivity index (χ1v) is 11.9. The molecule has 1 amide bonds. The van der Waals surface area contributed by atoms with E-state index < -0.39 is 27.0 Å². The molecule has 4 rings (SSSR count). The normalized spacial score (nSPS) is 15.0. The molecular weight excluding hydrogens is 448 g/mol. The van der Waals surface area contributed by atoms with Gasteiger partial charge < -0.3 is 19.6 Å². The number of rotatable bonds is 5. The van der Waals surface area contributed by atoms with Gasteiger partial charge in [-0.3, -0.25) is 14.4 Å². The molecule has 11 heteroatoms. The Labute approximate surface area is 189 Å². The summed E-state index contributed by atoms with van der Waals surface area (Å²) in [4.78, 5) is 39.4. The molecule has 3 aromatic rings. The summed E-state index contributed by atoms with van der Waals surface area (Å²) in [5.41, 5.74) is 0.582. The summed E-state index contributed by atoms with van der Waals surface area (Å²) < 4.78 is 34.1. The molecular formula is C22H24N4O6S. The van der Waals surface area contributed by atoms with Crippen LogP contribution in [-0.4, -0.2) is 54.5 Å². The van der Waals surface area contributed by atoms with E-state index in [0.717, 1.165) is 0 Å². The highest BCUT2D eigenvalue weighted by atomic mass is 32.2. The Morgan fingerprint density at radius 3 is 2.55 bits per heavy atom. The van der Waals surface area contributed by atoms with Gasteiger partial charge in [-0.1, -0.05) is 6.07 Å². The third-order valence-electron chi connectivity index (χ3n) is 5.59. The van der Waals surface area contributed by atoms with Gasteiger partial charge in [-0.25, -0.2) is 8.42 Å². The molecule has 1 saturated heterocycles. The lowest BCUT2D eigenvalue weighted by atomic mass is 10.1. The molecule has 1 aliphatic heterocycles. The van der Waals surface area contributed by atoms with Crippen molar-refractivity contribution in [3.63, 3.8) is 0 Å². The summed E-state index contributed by atoms with van der Waals surface area (Å²) >= 11 is 0. The van der Waals surface area contributed by atoms with Crippen molar-refractivity contribution in [2.75, 3.05) is 31.6 Å². The van der Waals surface area contributed by atoms with Crippen LogP contribution in [0.1, 0.15) is 22.8 Å². The van der Waals surface area contributed by atoms with E-state index in [1.54, 1.807) is 38.1 Å². The van der Waals surface area contributed by atoms with E-state index >= 15 is 0 Å². The van der Waals surface area contributed by atoms with Gasteiger partial charge in [0.25, 0.3) is 5.91 Å². The Morgan fingerprint density at radius 2 is 1.85 bits per heavy atom. The smallest absolute Gasteiger partial charge is 0.316 e. The Hall–Kier alpha value is -3.28. The van der Waals surface area contributed by atoms with E-state index in [-0.39, 0.29) is 23.5 Å². The van der Waals surface area contributed by atoms with Gasteiger partial charge in [0.15, 0.2) is 0 Å². The second-order valence-electron chi connectivity index (χ2n) is 7.69. The van der Waals surface area contributed by atoms with Crippen LogP contribution < -0.4 is 16.4 Å². The fourth-order valence-electron chi connectivity index (χ4n) is 3.82. The number of morpholine rings is 1.